The predicted molar refractivity (Wildman–Crippen MR) is 97.8 cm³/mol. The summed E-state index contributed by atoms with van der Waals surface area (Å²) in [7, 11) is 1.66. The molecule has 1 unspecified atom stereocenters. The van der Waals surface area contributed by atoms with E-state index < -0.39 is 11.5 Å². The Labute approximate surface area is 155 Å². The Balaban J connectivity index is 2.02. The van der Waals surface area contributed by atoms with Crippen LogP contribution in [0.15, 0.2) is 11.6 Å². The molecule has 1 heterocycles. The van der Waals surface area contributed by atoms with Crippen LogP contribution in [0.4, 0.5) is 0 Å². The number of aliphatic hydroxyl groups excluding tert-OH is 1. The number of allylic oxidation sites excluding steroid dienone is 1. The fraction of sp³-hybridized carbons (Fsp3) is 0.667. The largest absolute Gasteiger partial charge is 0.481 e. The minimum Gasteiger partial charge on any atom is -0.481 e. The maximum absolute atomic E-state index is 10.8. The van der Waals surface area contributed by atoms with Crippen LogP contribution in [0.3, 0.4) is 0 Å². The van der Waals surface area contributed by atoms with Gasteiger partial charge in [-0.25, -0.2) is 4.98 Å². The number of aliphatic hydroxyl groups is 1. The lowest BCUT2D eigenvalue weighted by atomic mass is 9.56. The summed E-state index contributed by atoms with van der Waals surface area (Å²) in [6, 6.07) is 2.23. The molecule has 4 atom stereocenters. The molecule has 4 rings (SSSR count). The minimum absolute atomic E-state index is 0.0543. The third-order valence-electron chi connectivity index (χ3n) is 7.23. The second-order valence-corrected chi connectivity index (χ2v) is 9.63. The summed E-state index contributed by atoms with van der Waals surface area (Å²) < 4.78 is 5.63. The number of rotatable bonds is 1. The fourth-order valence-corrected chi connectivity index (χ4v) is 5.57. The lowest BCUT2D eigenvalue weighted by Gasteiger charge is -2.48. The standard InChI is InChI=1S/C21H27N3O2/c1-18(2,3)17-23-14-13(16(24-17)26-6)7-8-21-11-20(21,5)15(25)12(10-22)9-19(14,21)4/h9,15,25H,7-8,11H2,1-6H3/t15?,19-,20+,21+/m1/s1. The van der Waals surface area contributed by atoms with Crippen molar-refractivity contribution in [1.29, 1.82) is 5.26 Å². The van der Waals surface area contributed by atoms with Crippen LogP contribution in [0.2, 0.25) is 0 Å². The molecule has 1 N–H and O–H groups in total. The van der Waals surface area contributed by atoms with E-state index in [1.54, 1.807) is 7.11 Å². The van der Waals surface area contributed by atoms with Gasteiger partial charge in [0.15, 0.2) is 0 Å². The SMILES string of the molecule is COc1nc(C(C)(C)C)nc2c1CC[C@@]13C[C@@]1(C)C(O)C(C#N)=C[C@]23C. The van der Waals surface area contributed by atoms with Crippen LogP contribution < -0.4 is 4.74 Å². The summed E-state index contributed by atoms with van der Waals surface area (Å²) in [4.78, 5) is 9.70. The molecule has 0 amide bonds. The van der Waals surface area contributed by atoms with Gasteiger partial charge in [0.1, 0.15) is 5.82 Å². The predicted octanol–water partition coefficient (Wildman–Crippen LogP) is 3.21. The normalized spacial score (nSPS) is 37.6. The van der Waals surface area contributed by atoms with Gasteiger partial charge in [-0.15, -0.1) is 0 Å². The van der Waals surface area contributed by atoms with Gasteiger partial charge >= 0.3 is 0 Å². The molecule has 26 heavy (non-hydrogen) atoms. The number of hydrogen-bond acceptors (Lipinski definition) is 5. The van der Waals surface area contributed by atoms with Crippen molar-refractivity contribution < 1.29 is 9.84 Å². The van der Waals surface area contributed by atoms with Crippen molar-refractivity contribution in [1.82, 2.24) is 9.97 Å². The van der Waals surface area contributed by atoms with E-state index in [2.05, 4.69) is 45.7 Å². The first kappa shape index (κ1) is 17.5. The fourth-order valence-electron chi connectivity index (χ4n) is 5.57. The third-order valence-corrected chi connectivity index (χ3v) is 7.23. The van der Waals surface area contributed by atoms with E-state index >= 15 is 0 Å². The molecule has 3 aliphatic rings. The number of methoxy groups -OCH3 is 1. The van der Waals surface area contributed by atoms with Crippen LogP contribution in [0.25, 0.3) is 0 Å². The molecule has 0 aliphatic heterocycles. The smallest absolute Gasteiger partial charge is 0.219 e. The Kier molecular flexibility index (Phi) is 3.27. The lowest BCUT2D eigenvalue weighted by Crippen LogP contribution is -2.48. The number of nitrogens with zero attached hydrogens (tertiary/aromatic N) is 3. The van der Waals surface area contributed by atoms with Gasteiger partial charge in [0, 0.05) is 21.8 Å². The average Bonchev–Trinajstić information content (AvgIpc) is 3.22. The summed E-state index contributed by atoms with van der Waals surface area (Å²) in [5.74, 6) is 1.41. The monoisotopic (exact) mass is 353 g/mol. The highest BCUT2D eigenvalue weighted by molar-refractivity contribution is 5.54. The Bertz CT molecular complexity index is 878. The molecule has 1 aromatic rings. The summed E-state index contributed by atoms with van der Waals surface area (Å²) in [5, 5.41) is 20.4. The highest BCUT2D eigenvalue weighted by Crippen LogP contribution is 2.79. The van der Waals surface area contributed by atoms with E-state index in [0.717, 1.165) is 36.3 Å². The zero-order chi connectivity index (χ0) is 19.1. The third kappa shape index (κ3) is 1.84. The quantitative estimate of drug-likeness (QED) is 0.839. The number of fused-ring (bicyclic) bond motifs is 2. The first-order valence-corrected chi connectivity index (χ1v) is 9.31. The van der Waals surface area contributed by atoms with Crippen LogP contribution in [0, 0.1) is 22.2 Å². The Morgan fingerprint density at radius 3 is 2.58 bits per heavy atom. The molecule has 0 bridgehead atoms. The van der Waals surface area contributed by atoms with E-state index in [1.807, 2.05) is 6.08 Å². The van der Waals surface area contributed by atoms with Crippen LogP contribution in [-0.4, -0.2) is 28.3 Å². The molecule has 1 spiro atoms. The number of ether oxygens (including phenoxy) is 1. The van der Waals surface area contributed by atoms with E-state index in [4.69, 9.17) is 9.72 Å². The van der Waals surface area contributed by atoms with Crippen molar-refractivity contribution in [2.75, 3.05) is 7.11 Å². The molecule has 5 nitrogen and oxygen atoms in total. The zero-order valence-corrected chi connectivity index (χ0v) is 16.5. The molecule has 1 aromatic heterocycles. The second kappa shape index (κ2) is 4.86. The second-order valence-electron chi connectivity index (χ2n) is 9.63. The van der Waals surface area contributed by atoms with Crippen molar-refractivity contribution in [2.45, 2.75) is 70.8 Å². The van der Waals surface area contributed by atoms with Crippen molar-refractivity contribution in [3.63, 3.8) is 0 Å². The minimum atomic E-state index is -0.687. The van der Waals surface area contributed by atoms with Gasteiger partial charge in [-0.05, 0) is 31.6 Å². The molecular weight excluding hydrogens is 326 g/mol. The molecule has 0 saturated heterocycles. The van der Waals surface area contributed by atoms with Crippen molar-refractivity contribution in [3.8, 4) is 11.9 Å². The van der Waals surface area contributed by atoms with E-state index in [-0.39, 0.29) is 16.2 Å². The van der Waals surface area contributed by atoms with Gasteiger partial charge in [-0.3, -0.25) is 0 Å². The molecule has 0 radical (unpaired) electrons. The molecule has 3 aliphatic carbocycles. The molecular formula is C21H27N3O2. The summed E-state index contributed by atoms with van der Waals surface area (Å²) >= 11 is 0. The Morgan fingerprint density at radius 1 is 1.31 bits per heavy atom. The van der Waals surface area contributed by atoms with Gasteiger partial charge < -0.3 is 9.84 Å². The maximum atomic E-state index is 10.8. The van der Waals surface area contributed by atoms with E-state index in [9.17, 15) is 10.4 Å². The molecule has 138 valence electrons. The highest BCUT2D eigenvalue weighted by atomic mass is 16.5. The zero-order valence-electron chi connectivity index (χ0n) is 16.5. The topological polar surface area (TPSA) is 79.0 Å². The summed E-state index contributed by atoms with van der Waals surface area (Å²) in [5.41, 5.74) is 1.57. The van der Waals surface area contributed by atoms with Crippen molar-refractivity contribution >= 4 is 0 Å². The van der Waals surface area contributed by atoms with Crippen LogP contribution in [0.1, 0.15) is 64.5 Å². The molecule has 1 fully saturated rings. The average molecular weight is 353 g/mol. The van der Waals surface area contributed by atoms with Crippen molar-refractivity contribution in [3.05, 3.63) is 28.7 Å². The Morgan fingerprint density at radius 2 is 2.00 bits per heavy atom. The van der Waals surface area contributed by atoms with Gasteiger partial charge in [0.25, 0.3) is 0 Å². The highest BCUT2D eigenvalue weighted by Gasteiger charge is 2.77. The number of hydrogen-bond donors (Lipinski definition) is 1. The van der Waals surface area contributed by atoms with Crippen molar-refractivity contribution in [2.24, 2.45) is 10.8 Å². The van der Waals surface area contributed by atoms with Crippen LogP contribution in [-0.2, 0) is 17.3 Å². The maximum Gasteiger partial charge on any atom is 0.219 e. The summed E-state index contributed by atoms with van der Waals surface area (Å²) in [6.07, 6.45) is 4.00. The number of aromatic nitrogens is 2. The lowest BCUT2D eigenvalue weighted by molar-refractivity contribution is 0.0656. The van der Waals surface area contributed by atoms with Gasteiger partial charge in [0.05, 0.1) is 30.6 Å². The molecule has 1 saturated carbocycles. The first-order valence-electron chi connectivity index (χ1n) is 9.31. The summed E-state index contributed by atoms with van der Waals surface area (Å²) in [6.45, 7) is 10.6. The van der Waals surface area contributed by atoms with Crippen LogP contribution in [0.5, 0.6) is 5.88 Å². The first-order chi connectivity index (χ1) is 12.0. The van der Waals surface area contributed by atoms with Gasteiger partial charge in [-0.1, -0.05) is 33.8 Å². The molecule has 0 aromatic carbocycles. The van der Waals surface area contributed by atoms with Gasteiger partial charge in [-0.2, -0.15) is 10.2 Å². The van der Waals surface area contributed by atoms with Crippen LogP contribution >= 0.6 is 0 Å². The molecule has 5 heteroatoms. The number of nitriles is 1. The van der Waals surface area contributed by atoms with E-state index in [1.165, 1.54) is 0 Å². The van der Waals surface area contributed by atoms with Gasteiger partial charge in [0.2, 0.25) is 5.88 Å². The van der Waals surface area contributed by atoms with E-state index in [0.29, 0.717) is 11.5 Å². The Hall–Kier alpha value is -1.93.